The summed E-state index contributed by atoms with van der Waals surface area (Å²) in [5.41, 5.74) is 4.38. The first-order chi connectivity index (χ1) is 13.7. The molecule has 0 radical (unpaired) electrons. The third kappa shape index (κ3) is 3.83. The summed E-state index contributed by atoms with van der Waals surface area (Å²) in [5, 5.41) is 6.92. The molecule has 5 heteroatoms. The van der Waals surface area contributed by atoms with Gasteiger partial charge in [-0.05, 0) is 49.4 Å². The third-order valence-electron chi connectivity index (χ3n) is 4.42. The molecule has 0 unspecified atom stereocenters. The minimum Gasteiger partial charge on any atom is -0.494 e. The highest BCUT2D eigenvalue weighted by Crippen LogP contribution is 2.30. The average molecular weight is 371 g/mol. The van der Waals surface area contributed by atoms with E-state index in [4.69, 9.17) is 4.74 Å². The number of carbonyl (C=O) groups is 1. The Balaban J connectivity index is 1.52. The number of para-hydroxylation sites is 2. The lowest BCUT2D eigenvalue weighted by Crippen LogP contribution is -2.19. The van der Waals surface area contributed by atoms with Crippen molar-refractivity contribution in [1.82, 2.24) is 4.98 Å². The number of carbonyl (C=O) groups excluding carboxylic acids is 1. The van der Waals surface area contributed by atoms with Crippen LogP contribution in [0.2, 0.25) is 0 Å². The van der Waals surface area contributed by atoms with Gasteiger partial charge in [0.1, 0.15) is 5.75 Å². The largest absolute Gasteiger partial charge is 0.494 e. The topological polar surface area (TPSA) is 66.2 Å². The molecule has 1 aromatic heterocycles. The SMILES string of the molecule is CCOc1ccc(NC(=O)Nc2ccccc2-c2cc3ccccc3[nH]2)cc1. The lowest BCUT2D eigenvalue weighted by Gasteiger charge is -2.12. The molecule has 0 aliphatic heterocycles. The van der Waals surface area contributed by atoms with Crippen LogP contribution in [-0.2, 0) is 0 Å². The van der Waals surface area contributed by atoms with Crippen LogP contribution in [0, 0.1) is 0 Å². The molecule has 3 N–H and O–H groups in total. The van der Waals surface area contributed by atoms with E-state index in [9.17, 15) is 4.79 Å². The number of nitrogens with one attached hydrogen (secondary N) is 3. The van der Waals surface area contributed by atoms with E-state index in [1.807, 2.05) is 73.7 Å². The van der Waals surface area contributed by atoms with Crippen molar-refractivity contribution in [3.05, 3.63) is 78.9 Å². The number of hydrogen-bond donors (Lipinski definition) is 3. The number of anilines is 2. The summed E-state index contributed by atoms with van der Waals surface area (Å²) in [7, 11) is 0. The van der Waals surface area contributed by atoms with Crippen molar-refractivity contribution in [1.29, 1.82) is 0 Å². The Labute approximate surface area is 163 Å². The standard InChI is InChI=1S/C23H21N3O2/c1-2-28-18-13-11-17(12-14-18)24-23(27)26-21-10-6-4-8-19(21)22-15-16-7-3-5-9-20(16)25-22/h3-15,25H,2H2,1H3,(H2,24,26,27). The summed E-state index contributed by atoms with van der Waals surface area (Å²) in [6, 6.07) is 24.9. The number of benzene rings is 3. The van der Waals surface area contributed by atoms with Crippen LogP contribution in [0.15, 0.2) is 78.9 Å². The second kappa shape index (κ2) is 7.88. The summed E-state index contributed by atoms with van der Waals surface area (Å²) in [6.07, 6.45) is 0. The van der Waals surface area contributed by atoms with E-state index in [1.54, 1.807) is 0 Å². The number of amides is 2. The molecule has 1 heterocycles. The fourth-order valence-electron chi connectivity index (χ4n) is 3.13. The smallest absolute Gasteiger partial charge is 0.323 e. The van der Waals surface area contributed by atoms with Gasteiger partial charge in [-0.25, -0.2) is 4.79 Å². The zero-order valence-corrected chi connectivity index (χ0v) is 15.5. The lowest BCUT2D eigenvalue weighted by atomic mass is 10.1. The van der Waals surface area contributed by atoms with Gasteiger partial charge < -0.3 is 20.4 Å². The van der Waals surface area contributed by atoms with E-state index in [1.165, 1.54) is 0 Å². The highest BCUT2D eigenvalue weighted by atomic mass is 16.5. The van der Waals surface area contributed by atoms with Crippen molar-refractivity contribution >= 4 is 28.3 Å². The molecule has 4 aromatic rings. The van der Waals surface area contributed by atoms with Crippen molar-refractivity contribution in [3.63, 3.8) is 0 Å². The van der Waals surface area contributed by atoms with E-state index < -0.39 is 0 Å². The van der Waals surface area contributed by atoms with Crippen LogP contribution < -0.4 is 15.4 Å². The normalized spacial score (nSPS) is 10.6. The second-order valence-electron chi connectivity index (χ2n) is 6.35. The summed E-state index contributed by atoms with van der Waals surface area (Å²) in [5.74, 6) is 0.776. The molecule has 4 rings (SSSR count). The van der Waals surface area contributed by atoms with Crippen molar-refractivity contribution in [2.45, 2.75) is 6.92 Å². The van der Waals surface area contributed by atoms with E-state index in [-0.39, 0.29) is 6.03 Å². The van der Waals surface area contributed by atoms with Crippen LogP contribution >= 0.6 is 0 Å². The van der Waals surface area contributed by atoms with Crippen LogP contribution in [0.25, 0.3) is 22.2 Å². The predicted octanol–water partition coefficient (Wildman–Crippen LogP) is 5.88. The van der Waals surface area contributed by atoms with Gasteiger partial charge in [-0.3, -0.25) is 0 Å². The van der Waals surface area contributed by atoms with Crippen molar-refractivity contribution in [2.24, 2.45) is 0 Å². The molecule has 140 valence electrons. The van der Waals surface area contributed by atoms with Crippen molar-refractivity contribution in [2.75, 3.05) is 17.2 Å². The van der Waals surface area contributed by atoms with E-state index in [2.05, 4.69) is 27.8 Å². The monoisotopic (exact) mass is 371 g/mol. The zero-order chi connectivity index (χ0) is 19.3. The number of aromatic amines is 1. The van der Waals surface area contributed by atoms with Gasteiger partial charge in [0.05, 0.1) is 12.3 Å². The summed E-state index contributed by atoms with van der Waals surface area (Å²) < 4.78 is 5.42. The Morgan fingerprint density at radius 1 is 0.929 bits per heavy atom. The van der Waals surface area contributed by atoms with Crippen LogP contribution in [0.5, 0.6) is 5.75 Å². The van der Waals surface area contributed by atoms with E-state index in [0.717, 1.165) is 33.6 Å². The highest BCUT2D eigenvalue weighted by molar-refractivity contribution is 6.02. The van der Waals surface area contributed by atoms with Crippen molar-refractivity contribution in [3.8, 4) is 17.0 Å². The molecule has 5 nitrogen and oxygen atoms in total. The fourth-order valence-corrected chi connectivity index (χ4v) is 3.13. The number of urea groups is 1. The molecule has 0 saturated heterocycles. The number of ether oxygens (including phenoxy) is 1. The molecule has 0 bridgehead atoms. The summed E-state index contributed by atoms with van der Waals surface area (Å²) in [6.45, 7) is 2.54. The van der Waals surface area contributed by atoms with Gasteiger partial charge in [-0.1, -0.05) is 36.4 Å². The average Bonchev–Trinajstić information content (AvgIpc) is 3.14. The van der Waals surface area contributed by atoms with E-state index >= 15 is 0 Å². The maximum absolute atomic E-state index is 12.5. The van der Waals surface area contributed by atoms with Gasteiger partial charge in [0.25, 0.3) is 0 Å². The molecule has 2 amide bonds. The molecule has 28 heavy (non-hydrogen) atoms. The molecule has 0 atom stereocenters. The maximum Gasteiger partial charge on any atom is 0.323 e. The molecular formula is C23H21N3O2. The summed E-state index contributed by atoms with van der Waals surface area (Å²) >= 11 is 0. The van der Waals surface area contributed by atoms with Gasteiger partial charge in [0.15, 0.2) is 0 Å². The Bertz CT molecular complexity index is 1070. The second-order valence-corrected chi connectivity index (χ2v) is 6.35. The first-order valence-corrected chi connectivity index (χ1v) is 9.21. The van der Waals surface area contributed by atoms with E-state index in [0.29, 0.717) is 12.3 Å². The Morgan fingerprint density at radius 3 is 2.46 bits per heavy atom. The van der Waals surface area contributed by atoms with Gasteiger partial charge in [0.2, 0.25) is 0 Å². The quantitative estimate of drug-likeness (QED) is 0.410. The minimum absolute atomic E-state index is 0.298. The Kier molecular flexibility index (Phi) is 4.97. The minimum atomic E-state index is -0.298. The first-order valence-electron chi connectivity index (χ1n) is 9.21. The highest BCUT2D eigenvalue weighted by Gasteiger charge is 2.10. The van der Waals surface area contributed by atoms with Gasteiger partial charge in [0, 0.05) is 27.8 Å². The van der Waals surface area contributed by atoms with Crippen LogP contribution in [-0.4, -0.2) is 17.6 Å². The molecule has 0 aliphatic rings. The summed E-state index contributed by atoms with van der Waals surface area (Å²) in [4.78, 5) is 15.9. The number of H-pyrrole nitrogens is 1. The van der Waals surface area contributed by atoms with Crippen LogP contribution in [0.1, 0.15) is 6.92 Å². The van der Waals surface area contributed by atoms with Gasteiger partial charge in [-0.2, -0.15) is 0 Å². The van der Waals surface area contributed by atoms with Gasteiger partial charge >= 0.3 is 6.03 Å². The lowest BCUT2D eigenvalue weighted by molar-refractivity contribution is 0.262. The van der Waals surface area contributed by atoms with Crippen LogP contribution in [0.3, 0.4) is 0 Å². The van der Waals surface area contributed by atoms with Crippen molar-refractivity contribution < 1.29 is 9.53 Å². The molecular weight excluding hydrogens is 350 g/mol. The predicted molar refractivity (Wildman–Crippen MR) is 114 cm³/mol. The Hall–Kier alpha value is -3.73. The number of aromatic nitrogens is 1. The third-order valence-corrected chi connectivity index (χ3v) is 4.42. The molecule has 0 spiro atoms. The molecule has 0 saturated carbocycles. The first kappa shape index (κ1) is 17.7. The Morgan fingerprint density at radius 2 is 1.68 bits per heavy atom. The molecule has 0 fully saturated rings. The number of fused-ring (bicyclic) bond motifs is 1. The maximum atomic E-state index is 12.5. The molecule has 0 aliphatic carbocycles. The molecule has 3 aromatic carbocycles. The number of hydrogen-bond acceptors (Lipinski definition) is 2. The fraction of sp³-hybridized carbons (Fsp3) is 0.0870. The number of rotatable bonds is 5. The zero-order valence-electron chi connectivity index (χ0n) is 15.5. The van der Waals surface area contributed by atoms with Gasteiger partial charge in [-0.15, -0.1) is 0 Å². The van der Waals surface area contributed by atoms with Crippen LogP contribution in [0.4, 0.5) is 16.2 Å².